The predicted molar refractivity (Wildman–Crippen MR) is 555 cm³/mol. The first-order valence-electron chi connectivity index (χ1n) is 50.9. The number of nitrogens with two attached hydrogens (primary N) is 12. The molecule has 4 aliphatic carbocycles. The van der Waals surface area contributed by atoms with Crippen LogP contribution in [0.3, 0.4) is 0 Å². The van der Waals surface area contributed by atoms with E-state index in [0.29, 0.717) is 84.6 Å². The highest BCUT2D eigenvalue weighted by Crippen LogP contribution is 2.19. The van der Waals surface area contributed by atoms with Gasteiger partial charge in [0.2, 0.25) is 0 Å². The Labute approximate surface area is 780 Å². The molecule has 36 N–H and O–H groups in total. The molecule has 32 nitrogen and oxygen atoms in total. The smallest absolute Gasteiger partial charge is 0.0297 e. The average Bonchev–Trinajstić information content (AvgIpc) is 1.63. The number of likely N-dealkylation sites (N-methyl/N-ethyl adjacent to an activating group) is 16. The standard InChI is InChI=1S/C9H20N2.2C8H18N2.3C7H16N2.3C6H14N2.2C5H12N2.C5H14N2.C4H10N2.2C4H12N2.C3H10N2/c1-11-9-7-5-3-2-4-6-8(9)10;1-10-6-4-2-3-5-8(9)7-10;1-10-8-6-4-2-3-5-7(8)9;1-9-6-3-2-4-8-5-7-9;1-9-5-3-2-4-7(8)6-9;1-9-7-5-3-2-4-6(7)8;1-8-5-2-3-7-4-6-8;1-8-4-2-3-6(7)5-8;1-8-6-4-2-3-5(6)7;1-7-4-2-6-3-5-7;1-7-3-2-5(6)4-7;1-5(7-3)4-6-2;1-6-2-4(5)3-6;1-4(5)3-6-2;1-6-4-2-3-5;1-5-3-2-4/h8-9,11H,2-7,10H2,1H3;8H,2-7,9H2,1H3;7-8,10H,2-6,9H2,1H3;8H,2-7H2,1H3;7H,2-6,8H2,1H3;6-7,9H,2-5,8H2,1H3;7H,2-6H2,1H3;6H,2-5,7H2,1H3;5-6,8H,2-4,7H2,1H3;6H,2-5H2,1H3;5H,2-4,6H2,1H3;5-7H,4H2,1-3H3;4H,2-3,5H2,1H3;4,6H,3,5H2,1-2H3;6H,2-5H2,1H3;5H,2-4H2,1H3. The topological polar surface area (TPSA) is 483 Å². The molecule has 14 atom stereocenters. The quantitative estimate of drug-likeness (QED) is 0.0841. The van der Waals surface area contributed by atoms with Crippen LogP contribution >= 0.6 is 0 Å². The summed E-state index contributed by atoms with van der Waals surface area (Å²) >= 11 is 0. The summed E-state index contributed by atoms with van der Waals surface area (Å²) in [6.07, 6.45) is 41.1. The Hall–Kier alpha value is -1.28. The molecular formula is C94H228N32. The zero-order valence-corrected chi connectivity index (χ0v) is 86.6. The number of likely N-dealkylation sites (tertiary alicyclic amines) is 5. The lowest BCUT2D eigenvalue weighted by atomic mass is 9.91. The minimum absolute atomic E-state index is 0.287. The van der Waals surface area contributed by atoms with E-state index in [4.69, 9.17) is 68.8 Å². The van der Waals surface area contributed by atoms with Crippen LogP contribution in [-0.2, 0) is 0 Å². The molecule has 12 rings (SSSR count). The average molecular weight is 1810 g/mol. The summed E-state index contributed by atoms with van der Waals surface area (Å²) in [6, 6.07) is 7.00. The Balaban J connectivity index is -0.000000632. The first-order chi connectivity index (χ1) is 60.4. The third-order valence-electron chi connectivity index (χ3n) is 24.8. The maximum atomic E-state index is 6.00. The van der Waals surface area contributed by atoms with Gasteiger partial charge < -0.3 is 172 Å². The van der Waals surface area contributed by atoms with Crippen LogP contribution in [0.5, 0.6) is 0 Å². The molecule has 764 valence electrons. The largest absolute Gasteiger partial charge is 0.330 e. The minimum atomic E-state index is 0.287. The molecule has 0 aromatic rings. The van der Waals surface area contributed by atoms with Crippen molar-refractivity contribution in [2.24, 2.45) is 68.8 Å². The fraction of sp³-hybridized carbons (Fsp3) is 1.00. The zero-order valence-electron chi connectivity index (χ0n) is 86.6. The zero-order chi connectivity index (χ0) is 95.2. The summed E-state index contributed by atoms with van der Waals surface area (Å²) < 4.78 is 0. The van der Waals surface area contributed by atoms with E-state index in [2.05, 4.69) is 166 Å². The summed E-state index contributed by atoms with van der Waals surface area (Å²) in [7, 11) is 34.7. The van der Waals surface area contributed by atoms with E-state index < -0.39 is 0 Å². The SMILES string of the molecule is CN1CC(N)C1.CN1CCC(N)C1.CN1CCCC(N)C1.CN1CCCCC(N)C1.CN1CCCCCC(N)C1.CN1CCCCNCC1.CN1CCCNCC1.CN1CCNCC1.CNC1CCCC1N.CNC1CCCCC1N.CNC1CCCCCC1N.CNC1CCCCCCC1N.CNCC(C)N.CNCC(C)NC.CNCCCN.CNCCN. The van der Waals surface area contributed by atoms with Crippen molar-refractivity contribution >= 4 is 0 Å². The van der Waals surface area contributed by atoms with Gasteiger partial charge in [-0.1, -0.05) is 83.5 Å². The van der Waals surface area contributed by atoms with Crippen molar-refractivity contribution in [1.82, 2.24) is 103 Å². The molecule has 12 fully saturated rings. The fourth-order valence-electron chi connectivity index (χ4n) is 16.3. The molecule has 8 aliphatic heterocycles. The summed E-state index contributed by atoms with van der Waals surface area (Å²) in [5.41, 5.74) is 67.4. The van der Waals surface area contributed by atoms with Gasteiger partial charge in [-0.05, 0) is 321 Å². The molecule has 0 radical (unpaired) electrons. The van der Waals surface area contributed by atoms with Crippen molar-refractivity contribution in [2.45, 2.75) is 310 Å². The molecule has 14 unspecified atom stereocenters. The number of nitrogens with one attached hydrogen (secondary N) is 12. The number of nitrogens with zero attached hydrogens (tertiary/aromatic N) is 8. The van der Waals surface area contributed by atoms with Gasteiger partial charge in [-0.15, -0.1) is 0 Å². The maximum Gasteiger partial charge on any atom is 0.0297 e. The van der Waals surface area contributed by atoms with Gasteiger partial charge in [-0.3, -0.25) is 0 Å². The molecule has 12 aliphatic rings. The van der Waals surface area contributed by atoms with Crippen LogP contribution in [0.2, 0.25) is 0 Å². The normalized spacial score (nSPS) is 27.9. The Morgan fingerprint density at radius 3 is 0.881 bits per heavy atom. The molecule has 4 saturated carbocycles. The molecule has 0 spiro atoms. The Kier molecular flexibility index (Phi) is 99.2. The van der Waals surface area contributed by atoms with Crippen molar-refractivity contribution in [3.05, 3.63) is 0 Å². The lowest BCUT2D eigenvalue weighted by Gasteiger charge is -2.32. The third kappa shape index (κ3) is 89.3. The second-order valence-electron chi connectivity index (χ2n) is 38.1. The van der Waals surface area contributed by atoms with E-state index >= 15 is 0 Å². The molecule has 32 heteroatoms. The molecular weight excluding hydrogens is 1580 g/mol. The van der Waals surface area contributed by atoms with Crippen LogP contribution in [0.4, 0.5) is 0 Å². The van der Waals surface area contributed by atoms with Crippen LogP contribution in [0.25, 0.3) is 0 Å². The number of piperazine rings is 1. The molecule has 0 bridgehead atoms. The monoisotopic (exact) mass is 1810 g/mol. The van der Waals surface area contributed by atoms with E-state index in [1.165, 1.54) is 278 Å². The van der Waals surface area contributed by atoms with Crippen LogP contribution in [0.1, 0.15) is 219 Å². The van der Waals surface area contributed by atoms with Crippen molar-refractivity contribution in [3.8, 4) is 0 Å². The molecule has 8 saturated heterocycles. The number of piperidine rings is 1. The van der Waals surface area contributed by atoms with Crippen molar-refractivity contribution in [1.29, 1.82) is 0 Å². The number of hydrogen-bond acceptors (Lipinski definition) is 32. The van der Waals surface area contributed by atoms with E-state index in [-0.39, 0.29) is 6.04 Å². The van der Waals surface area contributed by atoms with Crippen LogP contribution in [0.15, 0.2) is 0 Å². The van der Waals surface area contributed by atoms with Gasteiger partial charge in [0.05, 0.1) is 0 Å². The lowest BCUT2D eigenvalue weighted by molar-refractivity contribution is 0.192. The van der Waals surface area contributed by atoms with Crippen LogP contribution in [-0.4, -0.2) is 433 Å². The Bertz CT molecular complexity index is 2030. The third-order valence-corrected chi connectivity index (χ3v) is 24.8. The summed E-state index contributed by atoms with van der Waals surface area (Å²) in [5, 5.41) is 38.0. The molecule has 8 heterocycles. The van der Waals surface area contributed by atoms with Crippen LogP contribution in [0, 0.1) is 0 Å². The first-order valence-corrected chi connectivity index (χ1v) is 50.9. The molecule has 0 aromatic carbocycles. The molecule has 0 aromatic heterocycles. The second-order valence-corrected chi connectivity index (χ2v) is 38.1. The summed E-state index contributed by atoms with van der Waals surface area (Å²) in [6.45, 7) is 35.3. The highest BCUT2D eigenvalue weighted by molar-refractivity contribution is 4.86. The Morgan fingerprint density at radius 1 is 0.270 bits per heavy atom. The van der Waals surface area contributed by atoms with E-state index in [0.717, 1.165) is 111 Å². The summed E-state index contributed by atoms with van der Waals surface area (Å²) in [4.78, 5) is 18.5. The minimum Gasteiger partial charge on any atom is -0.330 e. The summed E-state index contributed by atoms with van der Waals surface area (Å²) in [5.74, 6) is 0. The van der Waals surface area contributed by atoms with Crippen molar-refractivity contribution in [3.63, 3.8) is 0 Å². The highest BCUT2D eigenvalue weighted by atomic mass is 15.2. The fourth-order valence-corrected chi connectivity index (χ4v) is 16.3. The number of rotatable bonds is 14. The van der Waals surface area contributed by atoms with Gasteiger partial charge in [0.25, 0.3) is 0 Å². The second kappa shape index (κ2) is 95.4. The maximum absolute atomic E-state index is 6.00. The highest BCUT2D eigenvalue weighted by Gasteiger charge is 2.24. The van der Waals surface area contributed by atoms with Gasteiger partial charge >= 0.3 is 0 Å². The first kappa shape index (κ1) is 131. The van der Waals surface area contributed by atoms with Gasteiger partial charge in [-0.25, -0.2) is 0 Å². The molecule has 0 amide bonds. The predicted octanol–water partition coefficient (Wildman–Crippen LogP) is 0.700. The lowest BCUT2D eigenvalue weighted by Crippen LogP contribution is -2.53. The van der Waals surface area contributed by atoms with Crippen LogP contribution < -0.4 is 133 Å². The van der Waals surface area contributed by atoms with Gasteiger partial charge in [0, 0.05) is 208 Å². The van der Waals surface area contributed by atoms with E-state index in [9.17, 15) is 0 Å². The van der Waals surface area contributed by atoms with E-state index in [1.54, 1.807) is 0 Å². The van der Waals surface area contributed by atoms with Crippen molar-refractivity contribution < 1.29 is 0 Å². The Morgan fingerprint density at radius 2 is 0.571 bits per heavy atom. The van der Waals surface area contributed by atoms with Gasteiger partial charge in [-0.2, -0.15) is 0 Å². The number of hydrogen-bond donors (Lipinski definition) is 24. The molecule has 126 heavy (non-hydrogen) atoms. The van der Waals surface area contributed by atoms with Gasteiger partial charge in [0.1, 0.15) is 0 Å². The van der Waals surface area contributed by atoms with E-state index in [1.807, 2.05) is 70.4 Å². The van der Waals surface area contributed by atoms with Crippen molar-refractivity contribution in [2.75, 3.05) is 303 Å². The van der Waals surface area contributed by atoms with Gasteiger partial charge in [0.15, 0.2) is 0 Å².